The van der Waals surface area contributed by atoms with E-state index in [1.54, 1.807) is 0 Å². The third kappa shape index (κ3) is 4.57. The number of hydrogen-bond acceptors (Lipinski definition) is 7. The first-order valence-corrected chi connectivity index (χ1v) is 8.54. The molecule has 0 saturated heterocycles. The highest BCUT2D eigenvalue weighted by molar-refractivity contribution is 7.90. The van der Waals surface area contributed by atoms with Gasteiger partial charge in [-0.15, -0.1) is 0 Å². The maximum Gasteiger partial charge on any atom is 0.410 e. The van der Waals surface area contributed by atoms with Gasteiger partial charge in [-0.2, -0.15) is 4.68 Å². The number of rotatable bonds is 6. The normalized spacial score (nSPS) is 12.5. The van der Waals surface area contributed by atoms with Gasteiger partial charge >= 0.3 is 5.82 Å². The van der Waals surface area contributed by atoms with E-state index in [0.29, 0.717) is 0 Å². The van der Waals surface area contributed by atoms with Gasteiger partial charge in [-0.05, 0) is 11.3 Å². The van der Waals surface area contributed by atoms with Crippen molar-refractivity contribution in [2.75, 3.05) is 12.0 Å². The van der Waals surface area contributed by atoms with Crippen molar-refractivity contribution >= 4 is 25.7 Å². The van der Waals surface area contributed by atoms with E-state index in [-0.39, 0.29) is 18.7 Å². The summed E-state index contributed by atoms with van der Waals surface area (Å²) in [5, 5.41) is 18.9. The molecule has 1 aromatic heterocycles. The Morgan fingerprint density at radius 2 is 2.00 bits per heavy atom. The average Bonchev–Trinajstić information content (AvgIpc) is 2.59. The van der Waals surface area contributed by atoms with E-state index in [1.807, 2.05) is 0 Å². The molecule has 10 nitrogen and oxygen atoms in total. The number of aryl methyl sites for hydroxylation is 1. The molecule has 1 rings (SSSR count). The van der Waals surface area contributed by atoms with Crippen LogP contribution in [0.3, 0.4) is 0 Å². The van der Waals surface area contributed by atoms with Crippen molar-refractivity contribution in [3.63, 3.8) is 0 Å². The maximum atomic E-state index is 11.1. The van der Waals surface area contributed by atoms with Gasteiger partial charge in [0.2, 0.25) is 14.9 Å². The monoisotopic (exact) mass is 312 g/mol. The summed E-state index contributed by atoms with van der Waals surface area (Å²) < 4.78 is 45.1. The first kappa shape index (κ1) is 15.5. The number of nitro groups is 1. The van der Waals surface area contributed by atoms with Gasteiger partial charge in [-0.3, -0.25) is 0 Å². The van der Waals surface area contributed by atoms with Crippen LogP contribution in [0.25, 0.3) is 0 Å². The number of sulfonamides is 1. The number of nitrogens with two attached hydrogens (primary N) is 1. The summed E-state index contributed by atoms with van der Waals surface area (Å²) >= 11 is 0. The third-order valence-corrected chi connectivity index (χ3v) is 4.02. The van der Waals surface area contributed by atoms with Crippen molar-refractivity contribution in [1.82, 2.24) is 9.78 Å². The second-order valence-corrected chi connectivity index (χ2v) is 7.66. The first-order chi connectivity index (χ1) is 8.50. The fourth-order valence-corrected chi connectivity index (χ4v) is 2.62. The van der Waals surface area contributed by atoms with Gasteiger partial charge in [0.05, 0.1) is 23.6 Å². The minimum absolute atomic E-state index is 0.0312. The maximum absolute atomic E-state index is 11.1. The molecule has 12 heteroatoms. The minimum Gasteiger partial charge on any atom is -0.358 e. The van der Waals surface area contributed by atoms with Crippen molar-refractivity contribution in [3.8, 4) is 0 Å². The van der Waals surface area contributed by atoms with E-state index >= 15 is 0 Å². The predicted octanol–water partition coefficient (Wildman–Crippen LogP) is -1.13. The molecule has 0 saturated carbocycles. The van der Waals surface area contributed by atoms with Crippen LogP contribution in [0.15, 0.2) is 11.1 Å². The summed E-state index contributed by atoms with van der Waals surface area (Å²) in [5.41, 5.74) is 0. The number of aromatic nitrogens is 2. The van der Waals surface area contributed by atoms with Gasteiger partial charge in [-0.1, -0.05) is 0 Å². The topological polar surface area (TPSA) is 155 Å². The van der Waals surface area contributed by atoms with Crippen LogP contribution < -0.4 is 5.14 Å². The Bertz CT molecular complexity index is 689. The van der Waals surface area contributed by atoms with Crippen molar-refractivity contribution in [3.05, 3.63) is 16.3 Å². The Balaban J connectivity index is 2.97. The molecule has 2 N–H and O–H groups in total. The quantitative estimate of drug-likeness (QED) is 0.514. The molecule has 0 aromatic carbocycles. The van der Waals surface area contributed by atoms with Gasteiger partial charge < -0.3 is 10.1 Å². The number of primary sulfonamides is 1. The predicted molar refractivity (Wildman–Crippen MR) is 64.6 cm³/mol. The Morgan fingerprint density at radius 1 is 1.42 bits per heavy atom. The van der Waals surface area contributed by atoms with Crippen LogP contribution >= 0.6 is 0 Å². The lowest BCUT2D eigenvalue weighted by molar-refractivity contribution is -0.392. The molecule has 0 fully saturated rings. The smallest absolute Gasteiger partial charge is 0.358 e. The zero-order valence-electron chi connectivity index (χ0n) is 9.88. The van der Waals surface area contributed by atoms with E-state index in [9.17, 15) is 26.9 Å². The zero-order chi connectivity index (χ0) is 14.8. The second-order valence-electron chi connectivity index (χ2n) is 3.87. The molecule has 0 bridgehead atoms. The molecule has 19 heavy (non-hydrogen) atoms. The highest BCUT2D eigenvalue weighted by Gasteiger charge is 2.28. The van der Waals surface area contributed by atoms with Crippen LogP contribution in [0.5, 0.6) is 0 Å². The number of sulfone groups is 1. The molecule has 0 atom stereocenters. The van der Waals surface area contributed by atoms with E-state index in [4.69, 9.17) is 5.14 Å². The van der Waals surface area contributed by atoms with Gasteiger partial charge in [0, 0.05) is 6.26 Å². The Labute approximate surface area is 109 Å². The lowest BCUT2D eigenvalue weighted by atomic mass is 10.5. The Hall–Kier alpha value is -1.53. The van der Waals surface area contributed by atoms with E-state index in [0.717, 1.165) is 17.1 Å². The molecular weight excluding hydrogens is 300 g/mol. The summed E-state index contributed by atoms with van der Waals surface area (Å²) in [6.45, 7) is 0.0312. The van der Waals surface area contributed by atoms with Crippen LogP contribution in [0, 0.1) is 10.1 Å². The van der Waals surface area contributed by atoms with Crippen LogP contribution in [0.2, 0.25) is 0 Å². The number of hydrogen-bond donors (Lipinski definition) is 1. The largest absolute Gasteiger partial charge is 0.410 e. The van der Waals surface area contributed by atoms with E-state index < -0.39 is 35.5 Å². The molecule has 0 spiro atoms. The second kappa shape index (κ2) is 5.22. The van der Waals surface area contributed by atoms with Crippen LogP contribution in [-0.2, 0) is 26.4 Å². The summed E-state index contributed by atoms with van der Waals surface area (Å²) in [6, 6.07) is 0. The molecule has 1 aromatic rings. The zero-order valence-corrected chi connectivity index (χ0v) is 11.5. The summed E-state index contributed by atoms with van der Waals surface area (Å²) in [6.07, 6.45) is 2.12. The van der Waals surface area contributed by atoms with Crippen molar-refractivity contribution in [2.45, 2.75) is 17.9 Å². The van der Waals surface area contributed by atoms with Crippen molar-refractivity contribution < 1.29 is 21.8 Å². The summed E-state index contributed by atoms with van der Waals surface area (Å²) in [4.78, 5) is 8.97. The van der Waals surface area contributed by atoms with E-state index in [2.05, 4.69) is 5.10 Å². The van der Waals surface area contributed by atoms with Gasteiger partial charge in [-0.25, -0.2) is 22.0 Å². The molecule has 0 amide bonds. The fourth-order valence-electron chi connectivity index (χ4n) is 1.32. The third-order valence-electron chi connectivity index (χ3n) is 2.09. The van der Waals surface area contributed by atoms with Gasteiger partial charge in [0.1, 0.15) is 9.84 Å². The van der Waals surface area contributed by atoms with Crippen LogP contribution in [0.4, 0.5) is 5.82 Å². The molecule has 0 aliphatic rings. The number of nitrogens with zero attached hydrogens (tertiary/aromatic N) is 3. The molecule has 0 aliphatic heterocycles. The lowest BCUT2D eigenvalue weighted by Gasteiger charge is -1.96. The Morgan fingerprint density at radius 3 is 2.37 bits per heavy atom. The highest BCUT2D eigenvalue weighted by Crippen LogP contribution is 2.20. The summed E-state index contributed by atoms with van der Waals surface area (Å²) in [7, 11) is -7.41. The fraction of sp³-hybridized carbons (Fsp3) is 0.571. The minimum atomic E-state index is -4.25. The molecule has 0 aliphatic carbocycles. The molecule has 108 valence electrons. The van der Waals surface area contributed by atoms with E-state index in [1.165, 1.54) is 0 Å². The lowest BCUT2D eigenvalue weighted by Crippen LogP contribution is -2.13. The molecule has 1 heterocycles. The van der Waals surface area contributed by atoms with Crippen LogP contribution in [0.1, 0.15) is 6.42 Å². The Kier molecular flexibility index (Phi) is 4.27. The standard InChI is InChI=1S/C7H12N4O6S2/c1-18(14,15)4-2-3-10-5-6(19(8,16)17)7(9-10)11(12)13/h5H,2-4H2,1H3,(H2,8,16,17). The van der Waals surface area contributed by atoms with Crippen molar-refractivity contribution in [1.29, 1.82) is 0 Å². The molecule has 0 radical (unpaired) electrons. The first-order valence-electron chi connectivity index (χ1n) is 4.93. The van der Waals surface area contributed by atoms with Gasteiger partial charge in [0.25, 0.3) is 0 Å². The van der Waals surface area contributed by atoms with Crippen molar-refractivity contribution in [2.24, 2.45) is 5.14 Å². The SMILES string of the molecule is CS(=O)(=O)CCCn1cc(S(N)(=O)=O)c([N+](=O)[O-])n1. The average molecular weight is 312 g/mol. The molecule has 0 unspecified atom stereocenters. The van der Waals surface area contributed by atoms with Gasteiger partial charge in [0.15, 0.2) is 0 Å². The molecular formula is C7H12N4O6S2. The van der Waals surface area contributed by atoms with Crippen LogP contribution in [-0.4, -0.2) is 43.5 Å². The summed E-state index contributed by atoms with van der Waals surface area (Å²) in [5.74, 6) is -1.01. The highest BCUT2D eigenvalue weighted by atomic mass is 32.2.